The normalized spacial score (nSPS) is 12.1. The van der Waals surface area contributed by atoms with E-state index in [2.05, 4.69) is 10.3 Å². The fraction of sp³-hybridized carbons (Fsp3) is 0.227. The van der Waals surface area contributed by atoms with Crippen molar-refractivity contribution in [2.75, 3.05) is 6.79 Å². The second kappa shape index (κ2) is 8.36. The Morgan fingerprint density at radius 1 is 1.17 bits per heavy atom. The Bertz CT molecular complexity index is 1160. The molecule has 2 heterocycles. The number of hydrogen-bond acceptors (Lipinski definition) is 5. The quantitative estimate of drug-likeness (QED) is 0.677. The first-order valence-corrected chi connectivity index (χ1v) is 9.55. The van der Waals surface area contributed by atoms with Crippen molar-refractivity contribution in [3.63, 3.8) is 0 Å². The molecule has 2 aromatic carbocycles. The number of aromatic nitrogens is 2. The topological polar surface area (TPSA) is 82.5 Å². The summed E-state index contributed by atoms with van der Waals surface area (Å²) in [5, 5.41) is 2.79. The van der Waals surface area contributed by atoms with Crippen molar-refractivity contribution in [3.8, 4) is 22.9 Å². The molecule has 7 nitrogen and oxygen atoms in total. The third-order valence-corrected chi connectivity index (χ3v) is 4.73. The number of nitrogens with one attached hydrogen (secondary N) is 1. The molecule has 0 saturated heterocycles. The smallest absolute Gasteiger partial charge is 0.254 e. The molecule has 8 heteroatoms. The van der Waals surface area contributed by atoms with E-state index < -0.39 is 5.82 Å². The van der Waals surface area contributed by atoms with Crippen LogP contribution in [0.1, 0.15) is 18.2 Å². The number of carbonyl (C=O) groups excluding carboxylic acids is 1. The zero-order valence-corrected chi connectivity index (χ0v) is 16.4. The zero-order valence-electron chi connectivity index (χ0n) is 16.4. The Kier molecular flexibility index (Phi) is 5.47. The van der Waals surface area contributed by atoms with Gasteiger partial charge >= 0.3 is 0 Å². The van der Waals surface area contributed by atoms with Crippen LogP contribution in [-0.2, 0) is 24.3 Å². The van der Waals surface area contributed by atoms with Crippen molar-refractivity contribution in [1.29, 1.82) is 0 Å². The van der Waals surface area contributed by atoms with Gasteiger partial charge in [0, 0.05) is 23.9 Å². The molecule has 0 spiro atoms. The van der Waals surface area contributed by atoms with E-state index in [1.807, 2.05) is 13.0 Å². The molecule has 1 aromatic heterocycles. The average Bonchev–Trinajstić information content (AvgIpc) is 3.21. The summed E-state index contributed by atoms with van der Waals surface area (Å²) >= 11 is 0. The Morgan fingerprint density at radius 2 is 2.00 bits per heavy atom. The molecular weight excluding hydrogens is 389 g/mol. The van der Waals surface area contributed by atoms with E-state index in [1.54, 1.807) is 24.3 Å². The Labute approximate surface area is 172 Å². The number of carbonyl (C=O) groups is 1. The minimum Gasteiger partial charge on any atom is -0.454 e. The maximum atomic E-state index is 13.7. The Morgan fingerprint density at radius 3 is 2.80 bits per heavy atom. The van der Waals surface area contributed by atoms with Gasteiger partial charge in [-0.2, -0.15) is 0 Å². The van der Waals surface area contributed by atoms with Crippen LogP contribution in [0.3, 0.4) is 0 Å². The van der Waals surface area contributed by atoms with Crippen LogP contribution >= 0.6 is 0 Å². The number of aryl methyl sites for hydroxylation is 1. The van der Waals surface area contributed by atoms with Gasteiger partial charge in [0.1, 0.15) is 18.2 Å². The third kappa shape index (κ3) is 4.17. The molecule has 0 radical (unpaired) electrons. The minimum absolute atomic E-state index is 0.178. The van der Waals surface area contributed by atoms with E-state index in [-0.39, 0.29) is 37.2 Å². The highest BCUT2D eigenvalue weighted by atomic mass is 19.1. The number of fused-ring (bicyclic) bond motifs is 1. The molecule has 0 bridgehead atoms. The predicted octanol–water partition coefficient (Wildman–Crippen LogP) is 2.66. The molecule has 1 aliphatic rings. The first-order chi connectivity index (χ1) is 14.5. The molecule has 1 N–H and O–H groups in total. The van der Waals surface area contributed by atoms with E-state index in [9.17, 15) is 14.0 Å². The molecule has 0 atom stereocenters. The summed E-state index contributed by atoms with van der Waals surface area (Å²) in [6.45, 7) is 2.09. The van der Waals surface area contributed by atoms with Gasteiger partial charge in [0.25, 0.3) is 5.56 Å². The molecular formula is C22H20FN3O4. The van der Waals surface area contributed by atoms with Gasteiger partial charge in [-0.15, -0.1) is 0 Å². The van der Waals surface area contributed by atoms with Crippen LogP contribution in [0.2, 0.25) is 0 Å². The van der Waals surface area contributed by atoms with E-state index in [0.717, 1.165) is 5.56 Å². The first kappa shape index (κ1) is 19.6. The molecule has 3 aromatic rings. The summed E-state index contributed by atoms with van der Waals surface area (Å²) in [6.07, 6.45) is 0.550. The van der Waals surface area contributed by atoms with E-state index in [4.69, 9.17) is 9.47 Å². The van der Waals surface area contributed by atoms with Crippen molar-refractivity contribution in [2.24, 2.45) is 0 Å². The zero-order chi connectivity index (χ0) is 21.1. The van der Waals surface area contributed by atoms with Crippen LogP contribution in [0.4, 0.5) is 4.39 Å². The highest BCUT2D eigenvalue weighted by molar-refractivity contribution is 5.76. The number of benzene rings is 2. The number of ether oxygens (including phenoxy) is 2. The largest absolute Gasteiger partial charge is 0.454 e. The van der Waals surface area contributed by atoms with Crippen LogP contribution in [0.15, 0.2) is 53.3 Å². The van der Waals surface area contributed by atoms with Gasteiger partial charge in [0.2, 0.25) is 12.7 Å². The van der Waals surface area contributed by atoms with Crippen LogP contribution < -0.4 is 20.3 Å². The van der Waals surface area contributed by atoms with Crippen molar-refractivity contribution in [2.45, 2.75) is 26.4 Å². The number of amides is 1. The summed E-state index contributed by atoms with van der Waals surface area (Å²) in [5.74, 6) is 0.752. The SMILES string of the molecule is CCc1cc(=O)n(CC(=O)NCc2ccc3c(c2)OCO3)c(-c2cccc(F)c2)n1. The molecule has 0 saturated carbocycles. The summed E-state index contributed by atoms with van der Waals surface area (Å²) in [7, 11) is 0. The van der Waals surface area contributed by atoms with Gasteiger partial charge in [-0.05, 0) is 36.2 Å². The van der Waals surface area contributed by atoms with Crippen molar-refractivity contribution in [1.82, 2.24) is 14.9 Å². The minimum atomic E-state index is -0.442. The highest BCUT2D eigenvalue weighted by Gasteiger charge is 2.16. The van der Waals surface area contributed by atoms with E-state index >= 15 is 0 Å². The van der Waals surface area contributed by atoms with E-state index in [0.29, 0.717) is 29.2 Å². The number of halogens is 1. The predicted molar refractivity (Wildman–Crippen MR) is 108 cm³/mol. The maximum absolute atomic E-state index is 13.7. The molecule has 30 heavy (non-hydrogen) atoms. The van der Waals surface area contributed by atoms with Gasteiger partial charge < -0.3 is 14.8 Å². The summed E-state index contributed by atoms with van der Waals surface area (Å²) in [5.41, 5.74) is 1.49. The number of rotatable bonds is 6. The fourth-order valence-corrected chi connectivity index (χ4v) is 3.19. The first-order valence-electron chi connectivity index (χ1n) is 9.55. The van der Waals surface area contributed by atoms with Gasteiger partial charge in [-0.25, -0.2) is 9.37 Å². The van der Waals surface area contributed by atoms with Crippen molar-refractivity contribution >= 4 is 5.91 Å². The molecule has 4 rings (SSSR count). The molecule has 0 fully saturated rings. The van der Waals surface area contributed by atoms with Crippen molar-refractivity contribution < 1.29 is 18.7 Å². The molecule has 1 amide bonds. The summed E-state index contributed by atoms with van der Waals surface area (Å²) in [4.78, 5) is 29.6. The number of nitrogens with zero attached hydrogens (tertiary/aromatic N) is 2. The lowest BCUT2D eigenvalue weighted by Gasteiger charge is -2.14. The highest BCUT2D eigenvalue weighted by Crippen LogP contribution is 2.32. The Balaban J connectivity index is 1.54. The van der Waals surface area contributed by atoms with Crippen LogP contribution in [0.5, 0.6) is 11.5 Å². The van der Waals surface area contributed by atoms with Crippen LogP contribution in [-0.4, -0.2) is 22.3 Å². The monoisotopic (exact) mass is 409 g/mol. The van der Waals surface area contributed by atoms with Gasteiger partial charge in [-0.3, -0.25) is 14.2 Å². The lowest BCUT2D eigenvalue weighted by atomic mass is 10.2. The number of hydrogen-bond donors (Lipinski definition) is 1. The molecule has 0 unspecified atom stereocenters. The second-order valence-corrected chi connectivity index (χ2v) is 6.82. The summed E-state index contributed by atoms with van der Waals surface area (Å²) in [6, 6.07) is 12.6. The third-order valence-electron chi connectivity index (χ3n) is 4.73. The van der Waals surface area contributed by atoms with Crippen LogP contribution in [0, 0.1) is 5.82 Å². The van der Waals surface area contributed by atoms with Crippen LogP contribution in [0.25, 0.3) is 11.4 Å². The molecule has 1 aliphatic heterocycles. The summed E-state index contributed by atoms with van der Waals surface area (Å²) < 4.78 is 25.6. The second-order valence-electron chi connectivity index (χ2n) is 6.82. The maximum Gasteiger partial charge on any atom is 0.254 e. The average molecular weight is 409 g/mol. The van der Waals surface area contributed by atoms with E-state index in [1.165, 1.54) is 22.8 Å². The van der Waals surface area contributed by atoms with Gasteiger partial charge in [0.15, 0.2) is 11.5 Å². The van der Waals surface area contributed by atoms with Crippen molar-refractivity contribution in [3.05, 3.63) is 76.0 Å². The molecule has 0 aliphatic carbocycles. The molecule has 154 valence electrons. The van der Waals surface area contributed by atoms with Gasteiger partial charge in [-0.1, -0.05) is 25.1 Å². The van der Waals surface area contributed by atoms with Gasteiger partial charge in [0.05, 0.1) is 0 Å². The Hall–Kier alpha value is -3.68. The lowest BCUT2D eigenvalue weighted by molar-refractivity contribution is -0.121. The standard InChI is InChI=1S/C22H20FN3O4/c1-2-17-10-21(28)26(22(25-17)15-4-3-5-16(23)9-15)12-20(27)24-11-14-6-7-18-19(8-14)30-13-29-18/h3-10H,2,11-13H2,1H3,(H,24,27). The lowest BCUT2D eigenvalue weighted by Crippen LogP contribution is -2.33. The fourth-order valence-electron chi connectivity index (χ4n) is 3.19.